The van der Waals surface area contributed by atoms with Crippen LogP contribution >= 0.6 is 0 Å². The van der Waals surface area contributed by atoms with E-state index in [4.69, 9.17) is 9.47 Å². The predicted molar refractivity (Wildman–Crippen MR) is 52.8 cm³/mol. The maximum Gasteiger partial charge on any atom is 0.0781 e. The summed E-state index contributed by atoms with van der Waals surface area (Å²) in [6, 6.07) is 0. The smallest absolute Gasteiger partial charge is 0.0781 e. The normalized spacial score (nSPS) is 15.7. The highest BCUT2D eigenvalue weighted by atomic mass is 16.5. The Morgan fingerprint density at radius 3 is 2.46 bits per heavy atom. The van der Waals surface area contributed by atoms with Crippen molar-refractivity contribution in [2.75, 3.05) is 19.8 Å². The summed E-state index contributed by atoms with van der Waals surface area (Å²) in [5.41, 5.74) is 0. The Labute approximate surface area is 81.0 Å². The summed E-state index contributed by atoms with van der Waals surface area (Å²) in [6.07, 6.45) is 1.55. The van der Waals surface area contributed by atoms with Gasteiger partial charge in [0.15, 0.2) is 0 Å². The molecule has 0 aliphatic rings. The van der Waals surface area contributed by atoms with Crippen LogP contribution in [0.5, 0.6) is 0 Å². The number of rotatable bonds is 8. The molecule has 0 radical (unpaired) electrons. The van der Waals surface area contributed by atoms with Crippen molar-refractivity contribution in [1.82, 2.24) is 0 Å². The third kappa shape index (κ3) is 8.22. The Bertz CT molecular complexity index is 106. The lowest BCUT2D eigenvalue weighted by Gasteiger charge is -2.15. The van der Waals surface area contributed by atoms with Crippen molar-refractivity contribution < 1.29 is 14.6 Å². The molecule has 3 heteroatoms. The first-order valence-electron chi connectivity index (χ1n) is 5.08. The van der Waals surface area contributed by atoms with Crippen LogP contribution in [0.25, 0.3) is 0 Å². The molecule has 0 aliphatic heterocycles. The van der Waals surface area contributed by atoms with E-state index in [0.29, 0.717) is 19.8 Å². The average molecular weight is 190 g/mol. The molecule has 0 saturated carbocycles. The highest BCUT2D eigenvalue weighted by Gasteiger charge is 2.06. The zero-order chi connectivity index (χ0) is 10.1. The summed E-state index contributed by atoms with van der Waals surface area (Å²) in [7, 11) is 0. The Balaban J connectivity index is 3.29. The van der Waals surface area contributed by atoms with Gasteiger partial charge in [-0.15, -0.1) is 0 Å². The minimum absolute atomic E-state index is 0.0754. The summed E-state index contributed by atoms with van der Waals surface area (Å²) >= 11 is 0. The Kier molecular flexibility index (Phi) is 8.40. The van der Waals surface area contributed by atoms with Gasteiger partial charge in [0.05, 0.1) is 25.4 Å². The van der Waals surface area contributed by atoms with Gasteiger partial charge in [-0.1, -0.05) is 13.3 Å². The predicted octanol–water partition coefficient (Wildman–Crippen LogP) is 1.59. The molecule has 0 saturated heterocycles. The van der Waals surface area contributed by atoms with Gasteiger partial charge in [-0.2, -0.15) is 0 Å². The molecule has 0 spiro atoms. The second-order valence-electron chi connectivity index (χ2n) is 3.25. The van der Waals surface area contributed by atoms with E-state index >= 15 is 0 Å². The molecule has 0 rings (SSSR count). The Morgan fingerprint density at radius 1 is 1.23 bits per heavy atom. The molecule has 0 heterocycles. The molecule has 0 amide bonds. The molecule has 2 unspecified atom stereocenters. The fourth-order valence-corrected chi connectivity index (χ4v) is 1.02. The van der Waals surface area contributed by atoms with E-state index < -0.39 is 0 Å². The van der Waals surface area contributed by atoms with Crippen LogP contribution in [0.15, 0.2) is 0 Å². The van der Waals surface area contributed by atoms with Crippen LogP contribution in [0.3, 0.4) is 0 Å². The van der Waals surface area contributed by atoms with Gasteiger partial charge in [0.1, 0.15) is 0 Å². The molecule has 0 aromatic rings. The SMILES string of the molecule is CCCC(O)COC(C)COCC. The van der Waals surface area contributed by atoms with Crippen molar-refractivity contribution in [3.63, 3.8) is 0 Å². The second-order valence-corrected chi connectivity index (χ2v) is 3.25. The van der Waals surface area contributed by atoms with Gasteiger partial charge in [-0.25, -0.2) is 0 Å². The van der Waals surface area contributed by atoms with Crippen LogP contribution in [0, 0.1) is 0 Å². The van der Waals surface area contributed by atoms with Crippen molar-refractivity contribution in [3.05, 3.63) is 0 Å². The Hall–Kier alpha value is -0.120. The summed E-state index contributed by atoms with van der Waals surface area (Å²) in [5.74, 6) is 0. The number of aliphatic hydroxyl groups excluding tert-OH is 1. The van der Waals surface area contributed by atoms with E-state index in [1.54, 1.807) is 0 Å². The zero-order valence-corrected chi connectivity index (χ0v) is 8.95. The van der Waals surface area contributed by atoms with Crippen molar-refractivity contribution in [2.24, 2.45) is 0 Å². The molecule has 0 aromatic heterocycles. The van der Waals surface area contributed by atoms with Crippen molar-refractivity contribution in [3.8, 4) is 0 Å². The summed E-state index contributed by atoms with van der Waals surface area (Å²) in [6.45, 7) is 7.70. The Morgan fingerprint density at radius 2 is 1.92 bits per heavy atom. The zero-order valence-electron chi connectivity index (χ0n) is 8.95. The molecule has 0 aliphatic carbocycles. The van der Waals surface area contributed by atoms with E-state index in [-0.39, 0.29) is 12.2 Å². The highest BCUT2D eigenvalue weighted by Crippen LogP contribution is 1.99. The first-order chi connectivity index (χ1) is 6.20. The van der Waals surface area contributed by atoms with Crippen LogP contribution in [0.4, 0.5) is 0 Å². The number of aliphatic hydroxyl groups is 1. The van der Waals surface area contributed by atoms with Gasteiger partial charge in [0.2, 0.25) is 0 Å². The molecule has 13 heavy (non-hydrogen) atoms. The quantitative estimate of drug-likeness (QED) is 0.631. The lowest BCUT2D eigenvalue weighted by molar-refractivity contribution is -0.0404. The van der Waals surface area contributed by atoms with Crippen molar-refractivity contribution in [1.29, 1.82) is 0 Å². The summed E-state index contributed by atoms with van der Waals surface area (Å²) in [4.78, 5) is 0. The number of ether oxygens (including phenoxy) is 2. The fourth-order valence-electron chi connectivity index (χ4n) is 1.02. The lowest BCUT2D eigenvalue weighted by atomic mass is 10.2. The van der Waals surface area contributed by atoms with Gasteiger partial charge in [-0.05, 0) is 20.3 Å². The van der Waals surface area contributed by atoms with Crippen molar-refractivity contribution >= 4 is 0 Å². The lowest BCUT2D eigenvalue weighted by Crippen LogP contribution is -2.23. The van der Waals surface area contributed by atoms with Gasteiger partial charge >= 0.3 is 0 Å². The van der Waals surface area contributed by atoms with Gasteiger partial charge < -0.3 is 14.6 Å². The third-order valence-corrected chi connectivity index (χ3v) is 1.75. The van der Waals surface area contributed by atoms with E-state index in [1.807, 2.05) is 20.8 Å². The van der Waals surface area contributed by atoms with Crippen LogP contribution in [-0.2, 0) is 9.47 Å². The monoisotopic (exact) mass is 190 g/mol. The van der Waals surface area contributed by atoms with Gasteiger partial charge in [0.25, 0.3) is 0 Å². The maximum absolute atomic E-state index is 9.36. The second kappa shape index (κ2) is 8.48. The van der Waals surface area contributed by atoms with E-state index in [9.17, 15) is 5.11 Å². The van der Waals surface area contributed by atoms with Crippen LogP contribution in [0.1, 0.15) is 33.6 Å². The maximum atomic E-state index is 9.36. The third-order valence-electron chi connectivity index (χ3n) is 1.75. The summed E-state index contributed by atoms with van der Waals surface area (Å²) < 4.78 is 10.6. The van der Waals surface area contributed by atoms with E-state index in [2.05, 4.69) is 0 Å². The molecule has 0 fully saturated rings. The number of hydrogen-bond donors (Lipinski definition) is 1. The van der Waals surface area contributed by atoms with Crippen LogP contribution in [-0.4, -0.2) is 37.1 Å². The standard InChI is InChI=1S/C10H22O3/c1-4-6-10(11)8-13-9(3)7-12-5-2/h9-11H,4-8H2,1-3H3. The van der Waals surface area contributed by atoms with Gasteiger partial charge in [-0.3, -0.25) is 0 Å². The van der Waals surface area contributed by atoms with Gasteiger partial charge in [0, 0.05) is 6.61 Å². The first-order valence-corrected chi connectivity index (χ1v) is 5.08. The molecular weight excluding hydrogens is 168 g/mol. The molecular formula is C10H22O3. The highest BCUT2D eigenvalue weighted by molar-refractivity contribution is 4.54. The minimum atomic E-state index is -0.325. The van der Waals surface area contributed by atoms with E-state index in [1.165, 1.54) is 0 Å². The molecule has 0 bridgehead atoms. The molecule has 1 N–H and O–H groups in total. The van der Waals surface area contributed by atoms with Crippen LogP contribution < -0.4 is 0 Å². The molecule has 80 valence electrons. The van der Waals surface area contributed by atoms with Crippen molar-refractivity contribution in [2.45, 2.75) is 45.8 Å². The topological polar surface area (TPSA) is 38.7 Å². The summed E-state index contributed by atoms with van der Waals surface area (Å²) in [5, 5.41) is 9.36. The number of hydrogen-bond acceptors (Lipinski definition) is 3. The average Bonchev–Trinajstić information content (AvgIpc) is 2.12. The largest absolute Gasteiger partial charge is 0.391 e. The minimum Gasteiger partial charge on any atom is -0.391 e. The molecule has 0 aromatic carbocycles. The fraction of sp³-hybridized carbons (Fsp3) is 1.00. The molecule has 3 nitrogen and oxygen atoms in total. The molecule has 2 atom stereocenters. The van der Waals surface area contributed by atoms with E-state index in [0.717, 1.165) is 12.8 Å². The first kappa shape index (κ1) is 12.9. The van der Waals surface area contributed by atoms with Crippen LogP contribution in [0.2, 0.25) is 0 Å².